The highest BCUT2D eigenvalue weighted by molar-refractivity contribution is 7.14. The highest BCUT2D eigenvalue weighted by Gasteiger charge is 2.22. The van der Waals surface area contributed by atoms with E-state index in [2.05, 4.69) is 20.7 Å². The van der Waals surface area contributed by atoms with E-state index in [9.17, 15) is 14.4 Å². The van der Waals surface area contributed by atoms with Gasteiger partial charge in [0.2, 0.25) is 11.8 Å². The Morgan fingerprint density at radius 2 is 1.97 bits per heavy atom. The Labute approximate surface area is 215 Å². The highest BCUT2D eigenvalue weighted by Crippen LogP contribution is 2.23. The second kappa shape index (κ2) is 12.4. The minimum absolute atomic E-state index is 0.105. The predicted molar refractivity (Wildman–Crippen MR) is 140 cm³/mol. The average molecular weight is 528 g/mol. The number of hydrogen-bond acceptors (Lipinski definition) is 8. The number of hydrazine groups is 1. The third-order valence-corrected chi connectivity index (χ3v) is 5.73. The van der Waals surface area contributed by atoms with Crippen LogP contribution in [-0.2, 0) is 16.0 Å². The van der Waals surface area contributed by atoms with Crippen molar-refractivity contribution in [2.75, 3.05) is 10.3 Å². The van der Waals surface area contributed by atoms with Crippen LogP contribution in [0.15, 0.2) is 65.1 Å². The molecule has 13 heteroatoms. The van der Waals surface area contributed by atoms with Gasteiger partial charge >= 0.3 is 5.97 Å². The Kier molecular flexibility index (Phi) is 9.11. The Morgan fingerprint density at radius 3 is 2.64 bits per heavy atom. The number of carbonyl (C=O) groups excluding carboxylic acids is 2. The highest BCUT2D eigenvalue weighted by atomic mass is 35.5. The molecule has 3 aromatic rings. The van der Waals surface area contributed by atoms with Crippen molar-refractivity contribution in [3.05, 3.63) is 81.8 Å². The van der Waals surface area contributed by atoms with Gasteiger partial charge in [-0.05, 0) is 29.8 Å². The van der Waals surface area contributed by atoms with Crippen LogP contribution in [0.5, 0.6) is 0 Å². The van der Waals surface area contributed by atoms with E-state index in [-0.39, 0.29) is 17.2 Å². The molecule has 1 heterocycles. The molecule has 0 aliphatic carbocycles. The van der Waals surface area contributed by atoms with E-state index in [4.69, 9.17) is 28.4 Å². The zero-order valence-electron chi connectivity index (χ0n) is 18.7. The quantitative estimate of drug-likeness (QED) is 0.0877. The minimum atomic E-state index is -1.21. The lowest BCUT2D eigenvalue weighted by Crippen LogP contribution is -2.44. The first kappa shape index (κ1) is 26.3. The summed E-state index contributed by atoms with van der Waals surface area (Å²) in [6.07, 6.45) is 4.10. The first-order valence-electron chi connectivity index (χ1n) is 10.4. The van der Waals surface area contributed by atoms with Crippen molar-refractivity contribution in [2.24, 2.45) is 16.8 Å². The standard InChI is InChI=1S/C23H22ClN7O4S/c24-16-7-8-19(31(26)13-27-25)15(11-16)6-9-20(32)28-17(10-14-4-2-1-3-5-14)21(33)30-23-29-18(12-36-23)22(34)35/h1-9,11-13,17H,10,25-26H2,(H,28,32)(H,34,35)(H,29,30,33)/b9-6+,27-13-/t17-/m0/s1. The summed E-state index contributed by atoms with van der Waals surface area (Å²) >= 11 is 7.05. The number of rotatable bonds is 10. The summed E-state index contributed by atoms with van der Waals surface area (Å²) in [7, 11) is 0. The zero-order chi connectivity index (χ0) is 26.1. The molecule has 1 atom stereocenters. The van der Waals surface area contributed by atoms with Crippen molar-refractivity contribution in [1.29, 1.82) is 0 Å². The summed E-state index contributed by atoms with van der Waals surface area (Å²) in [4.78, 5) is 40.7. The van der Waals surface area contributed by atoms with E-state index in [1.807, 2.05) is 30.3 Å². The SMILES string of the molecule is N/N=C\N(N)c1ccc(Cl)cc1/C=C/C(=O)N[C@@H](Cc1ccccc1)C(=O)Nc1nc(C(=O)O)cs1. The number of carbonyl (C=O) groups is 3. The molecule has 0 saturated heterocycles. The Morgan fingerprint density at radius 1 is 1.22 bits per heavy atom. The number of nitrogens with zero attached hydrogens (tertiary/aromatic N) is 3. The number of thiazole rings is 1. The lowest BCUT2D eigenvalue weighted by atomic mass is 10.1. The molecule has 0 fully saturated rings. The number of halogens is 1. The van der Waals surface area contributed by atoms with Crippen molar-refractivity contribution in [3.63, 3.8) is 0 Å². The lowest BCUT2D eigenvalue weighted by Gasteiger charge is -2.17. The second-order valence-corrected chi connectivity index (χ2v) is 8.59. The van der Waals surface area contributed by atoms with Crippen LogP contribution in [0.25, 0.3) is 6.08 Å². The topological polar surface area (TPSA) is 176 Å². The fourth-order valence-corrected chi connectivity index (χ4v) is 3.96. The maximum Gasteiger partial charge on any atom is 0.355 e. The molecule has 7 N–H and O–H groups in total. The van der Waals surface area contributed by atoms with E-state index in [1.165, 1.54) is 28.9 Å². The van der Waals surface area contributed by atoms with Gasteiger partial charge in [0.15, 0.2) is 10.8 Å². The van der Waals surface area contributed by atoms with Crippen LogP contribution >= 0.6 is 22.9 Å². The van der Waals surface area contributed by atoms with Crippen LogP contribution in [0.2, 0.25) is 5.02 Å². The fourth-order valence-electron chi connectivity index (χ4n) is 3.09. The van der Waals surface area contributed by atoms with Crippen LogP contribution in [0.4, 0.5) is 10.8 Å². The first-order valence-corrected chi connectivity index (χ1v) is 11.6. The van der Waals surface area contributed by atoms with Gasteiger partial charge in [-0.2, -0.15) is 5.10 Å². The first-order chi connectivity index (χ1) is 17.3. The number of aromatic carboxylic acids is 1. The maximum atomic E-state index is 13.0. The molecule has 0 saturated carbocycles. The molecular formula is C23H22ClN7O4S. The Hall–Kier alpha value is -4.26. The number of carboxylic acids is 1. The molecule has 0 unspecified atom stereocenters. The van der Waals surface area contributed by atoms with E-state index >= 15 is 0 Å². The normalized spacial score (nSPS) is 11.9. The van der Waals surface area contributed by atoms with Gasteiger partial charge in [-0.1, -0.05) is 41.9 Å². The zero-order valence-corrected chi connectivity index (χ0v) is 20.2. The van der Waals surface area contributed by atoms with Crippen LogP contribution in [0, 0.1) is 0 Å². The lowest BCUT2D eigenvalue weighted by molar-refractivity contribution is -0.123. The fraction of sp³-hybridized carbons (Fsp3) is 0.0870. The van der Waals surface area contributed by atoms with Crippen LogP contribution < -0.4 is 27.3 Å². The molecule has 0 aliphatic heterocycles. The number of nitrogens with two attached hydrogens (primary N) is 2. The van der Waals surface area contributed by atoms with E-state index < -0.39 is 23.8 Å². The molecule has 0 spiro atoms. The molecule has 2 aromatic carbocycles. The maximum absolute atomic E-state index is 13.0. The van der Waals surface area contributed by atoms with Crippen molar-refractivity contribution in [3.8, 4) is 0 Å². The number of hydrogen-bond donors (Lipinski definition) is 5. The Bertz CT molecular complexity index is 1300. The van der Waals surface area contributed by atoms with Gasteiger partial charge in [0.1, 0.15) is 12.4 Å². The summed E-state index contributed by atoms with van der Waals surface area (Å²) in [6.45, 7) is 0. The number of nitrogens with one attached hydrogen (secondary N) is 2. The van der Waals surface area contributed by atoms with Gasteiger partial charge in [0, 0.05) is 28.5 Å². The van der Waals surface area contributed by atoms with Gasteiger partial charge in [0.25, 0.3) is 0 Å². The van der Waals surface area contributed by atoms with Crippen molar-refractivity contribution in [2.45, 2.75) is 12.5 Å². The Balaban J connectivity index is 1.79. The van der Waals surface area contributed by atoms with Crippen LogP contribution in [-0.4, -0.2) is 40.3 Å². The minimum Gasteiger partial charge on any atom is -0.476 e. The molecule has 11 nitrogen and oxygen atoms in total. The summed E-state index contributed by atoms with van der Waals surface area (Å²) < 4.78 is 0. The number of hydrazone groups is 1. The molecule has 36 heavy (non-hydrogen) atoms. The number of carboxylic acid groups (broad SMARTS) is 1. The third-order valence-electron chi connectivity index (χ3n) is 4.74. The second-order valence-electron chi connectivity index (χ2n) is 7.29. The van der Waals surface area contributed by atoms with Crippen LogP contribution in [0.3, 0.4) is 0 Å². The average Bonchev–Trinajstić information content (AvgIpc) is 3.32. The molecule has 3 rings (SSSR count). The van der Waals surface area contributed by atoms with Gasteiger partial charge in [-0.25, -0.2) is 15.6 Å². The molecule has 0 bridgehead atoms. The van der Waals surface area contributed by atoms with Gasteiger partial charge in [-0.15, -0.1) is 11.3 Å². The summed E-state index contributed by atoms with van der Waals surface area (Å²) in [5, 5.41) is 20.6. The van der Waals surface area contributed by atoms with Crippen molar-refractivity contribution in [1.82, 2.24) is 10.3 Å². The van der Waals surface area contributed by atoms with Gasteiger partial charge < -0.3 is 21.6 Å². The van der Waals surface area contributed by atoms with E-state index in [0.717, 1.165) is 16.9 Å². The van der Waals surface area contributed by atoms with Gasteiger partial charge in [0.05, 0.1) is 5.69 Å². The van der Waals surface area contributed by atoms with Crippen molar-refractivity contribution >= 4 is 64.0 Å². The predicted octanol–water partition coefficient (Wildman–Crippen LogP) is 2.46. The molecule has 2 amide bonds. The number of anilines is 2. The molecular weight excluding hydrogens is 506 g/mol. The largest absolute Gasteiger partial charge is 0.476 e. The van der Waals surface area contributed by atoms with E-state index in [1.54, 1.807) is 18.2 Å². The monoisotopic (exact) mass is 527 g/mol. The molecule has 0 aliphatic rings. The van der Waals surface area contributed by atoms with E-state index in [0.29, 0.717) is 16.3 Å². The number of amides is 2. The summed E-state index contributed by atoms with van der Waals surface area (Å²) in [5.74, 6) is 8.73. The molecule has 1 aromatic heterocycles. The third kappa shape index (κ3) is 7.37. The summed E-state index contributed by atoms with van der Waals surface area (Å²) in [5.41, 5.74) is 1.61. The molecule has 186 valence electrons. The number of benzene rings is 2. The van der Waals surface area contributed by atoms with Crippen LogP contribution in [0.1, 0.15) is 21.6 Å². The molecule has 0 radical (unpaired) electrons. The summed E-state index contributed by atoms with van der Waals surface area (Å²) in [6, 6.07) is 13.0. The van der Waals surface area contributed by atoms with Crippen molar-refractivity contribution < 1.29 is 19.5 Å². The van der Waals surface area contributed by atoms with Gasteiger partial charge in [-0.3, -0.25) is 14.6 Å². The smallest absolute Gasteiger partial charge is 0.355 e. The number of aromatic nitrogens is 1.